The smallest absolute Gasteiger partial charge is 0.0302 e. The van der Waals surface area contributed by atoms with Gasteiger partial charge >= 0.3 is 0 Å². The first-order chi connectivity index (χ1) is 7.75. The van der Waals surface area contributed by atoms with Crippen LogP contribution in [0, 0.1) is 6.92 Å². The van der Waals surface area contributed by atoms with Gasteiger partial charge in [0.2, 0.25) is 0 Å². The Balaban J connectivity index is 1.92. The summed E-state index contributed by atoms with van der Waals surface area (Å²) in [6.07, 6.45) is 0. The Morgan fingerprint density at radius 3 is 2.88 bits per heavy atom. The van der Waals surface area contributed by atoms with E-state index in [2.05, 4.69) is 63.9 Å². The third kappa shape index (κ3) is 3.17. The van der Waals surface area contributed by atoms with E-state index in [0.29, 0.717) is 0 Å². The summed E-state index contributed by atoms with van der Waals surface area (Å²) in [5.74, 6) is 0. The third-order valence-electron chi connectivity index (χ3n) is 2.40. The SMILES string of the molecule is Cc1ccc(Br)c(CNCc2cccs2)c1. The minimum absolute atomic E-state index is 0.903. The fraction of sp³-hybridized carbons (Fsp3) is 0.231. The molecule has 0 aliphatic rings. The molecule has 0 saturated carbocycles. The zero-order valence-electron chi connectivity index (χ0n) is 9.16. The van der Waals surface area contributed by atoms with Crippen molar-refractivity contribution in [1.82, 2.24) is 5.32 Å². The van der Waals surface area contributed by atoms with Crippen molar-refractivity contribution < 1.29 is 0 Å². The zero-order chi connectivity index (χ0) is 11.4. The van der Waals surface area contributed by atoms with E-state index in [-0.39, 0.29) is 0 Å². The number of benzene rings is 1. The molecule has 1 aromatic heterocycles. The monoisotopic (exact) mass is 295 g/mol. The summed E-state index contributed by atoms with van der Waals surface area (Å²) in [6.45, 7) is 3.97. The average molecular weight is 296 g/mol. The molecule has 0 saturated heterocycles. The number of hydrogen-bond donors (Lipinski definition) is 1. The highest BCUT2D eigenvalue weighted by Crippen LogP contribution is 2.18. The highest BCUT2D eigenvalue weighted by Gasteiger charge is 2.00. The summed E-state index contributed by atoms with van der Waals surface area (Å²) in [5, 5.41) is 5.56. The van der Waals surface area contributed by atoms with Crippen LogP contribution in [0.25, 0.3) is 0 Å². The van der Waals surface area contributed by atoms with Gasteiger partial charge in [0, 0.05) is 22.4 Å². The third-order valence-corrected chi connectivity index (χ3v) is 4.05. The van der Waals surface area contributed by atoms with Crippen LogP contribution in [0.4, 0.5) is 0 Å². The van der Waals surface area contributed by atoms with Crippen LogP contribution in [0.5, 0.6) is 0 Å². The molecule has 1 N–H and O–H groups in total. The molecule has 0 fully saturated rings. The summed E-state index contributed by atoms with van der Waals surface area (Å²) in [5.41, 5.74) is 2.62. The van der Waals surface area contributed by atoms with Crippen molar-refractivity contribution in [2.24, 2.45) is 0 Å². The van der Waals surface area contributed by atoms with Crippen molar-refractivity contribution in [3.8, 4) is 0 Å². The second kappa shape index (κ2) is 5.62. The van der Waals surface area contributed by atoms with Crippen LogP contribution in [-0.2, 0) is 13.1 Å². The van der Waals surface area contributed by atoms with Crippen LogP contribution >= 0.6 is 27.3 Å². The van der Waals surface area contributed by atoms with E-state index in [0.717, 1.165) is 13.1 Å². The van der Waals surface area contributed by atoms with E-state index < -0.39 is 0 Å². The van der Waals surface area contributed by atoms with Gasteiger partial charge in [-0.3, -0.25) is 0 Å². The van der Waals surface area contributed by atoms with Gasteiger partial charge in [0.1, 0.15) is 0 Å². The Bertz CT molecular complexity index is 451. The molecule has 0 unspecified atom stereocenters. The summed E-state index contributed by atoms with van der Waals surface area (Å²) in [7, 11) is 0. The van der Waals surface area contributed by atoms with Gasteiger partial charge in [-0.2, -0.15) is 0 Å². The van der Waals surface area contributed by atoms with Crippen molar-refractivity contribution in [2.75, 3.05) is 0 Å². The van der Waals surface area contributed by atoms with Crippen LogP contribution in [-0.4, -0.2) is 0 Å². The fourth-order valence-corrected chi connectivity index (χ4v) is 2.63. The molecule has 1 aromatic carbocycles. The van der Waals surface area contributed by atoms with E-state index in [1.807, 2.05) is 0 Å². The van der Waals surface area contributed by atoms with Gasteiger partial charge in [-0.15, -0.1) is 11.3 Å². The lowest BCUT2D eigenvalue weighted by molar-refractivity contribution is 0.698. The first kappa shape index (κ1) is 11.8. The summed E-state index contributed by atoms with van der Waals surface area (Å²) >= 11 is 5.36. The predicted octanol–water partition coefficient (Wildman–Crippen LogP) is 4.11. The van der Waals surface area contributed by atoms with Gasteiger partial charge in [-0.1, -0.05) is 39.7 Å². The van der Waals surface area contributed by atoms with Gasteiger partial charge in [0.15, 0.2) is 0 Å². The van der Waals surface area contributed by atoms with Crippen molar-refractivity contribution in [3.63, 3.8) is 0 Å². The predicted molar refractivity (Wildman–Crippen MR) is 73.7 cm³/mol. The molecule has 0 aliphatic carbocycles. The van der Waals surface area contributed by atoms with Crippen LogP contribution in [0.1, 0.15) is 16.0 Å². The Morgan fingerprint density at radius 2 is 2.12 bits per heavy atom. The Labute approximate surface area is 109 Å². The minimum atomic E-state index is 0.903. The molecule has 2 rings (SSSR count). The van der Waals surface area contributed by atoms with E-state index in [1.54, 1.807) is 11.3 Å². The van der Waals surface area contributed by atoms with Crippen molar-refractivity contribution >= 4 is 27.3 Å². The van der Waals surface area contributed by atoms with Gasteiger partial charge < -0.3 is 5.32 Å². The number of thiophene rings is 1. The molecule has 0 spiro atoms. The van der Waals surface area contributed by atoms with Gasteiger partial charge in [-0.05, 0) is 30.0 Å². The molecule has 1 nitrogen and oxygen atoms in total. The Kier molecular flexibility index (Phi) is 4.16. The van der Waals surface area contributed by atoms with Crippen molar-refractivity contribution in [3.05, 3.63) is 56.2 Å². The largest absolute Gasteiger partial charge is 0.308 e. The minimum Gasteiger partial charge on any atom is -0.308 e. The molecule has 3 heteroatoms. The maximum atomic E-state index is 3.57. The maximum Gasteiger partial charge on any atom is 0.0302 e. The molecule has 16 heavy (non-hydrogen) atoms. The maximum absolute atomic E-state index is 3.57. The van der Waals surface area contributed by atoms with E-state index >= 15 is 0 Å². The van der Waals surface area contributed by atoms with Crippen LogP contribution < -0.4 is 5.32 Å². The number of aryl methyl sites for hydroxylation is 1. The number of nitrogens with one attached hydrogen (secondary N) is 1. The van der Waals surface area contributed by atoms with Crippen LogP contribution in [0.15, 0.2) is 40.2 Å². The van der Waals surface area contributed by atoms with Gasteiger partial charge in [-0.25, -0.2) is 0 Å². The molecule has 0 bridgehead atoms. The zero-order valence-corrected chi connectivity index (χ0v) is 11.6. The molecule has 0 amide bonds. The quantitative estimate of drug-likeness (QED) is 0.895. The Morgan fingerprint density at radius 1 is 1.25 bits per heavy atom. The summed E-state index contributed by atoms with van der Waals surface area (Å²) in [4.78, 5) is 1.38. The van der Waals surface area contributed by atoms with Crippen molar-refractivity contribution in [2.45, 2.75) is 20.0 Å². The van der Waals surface area contributed by atoms with Crippen LogP contribution in [0.3, 0.4) is 0 Å². The lowest BCUT2D eigenvalue weighted by Crippen LogP contribution is -2.12. The highest BCUT2D eigenvalue weighted by molar-refractivity contribution is 9.10. The van der Waals surface area contributed by atoms with Crippen molar-refractivity contribution in [1.29, 1.82) is 0 Å². The molecule has 2 aromatic rings. The first-order valence-corrected chi connectivity index (χ1v) is 6.91. The number of hydrogen-bond acceptors (Lipinski definition) is 2. The van der Waals surface area contributed by atoms with E-state index in [9.17, 15) is 0 Å². The lowest BCUT2D eigenvalue weighted by atomic mass is 10.1. The van der Waals surface area contributed by atoms with Gasteiger partial charge in [0.25, 0.3) is 0 Å². The summed E-state index contributed by atoms with van der Waals surface area (Å²) in [6, 6.07) is 10.7. The summed E-state index contributed by atoms with van der Waals surface area (Å²) < 4.78 is 1.18. The molecular formula is C13H14BrNS. The topological polar surface area (TPSA) is 12.0 Å². The number of rotatable bonds is 4. The standard InChI is InChI=1S/C13H14BrNS/c1-10-4-5-13(14)11(7-10)8-15-9-12-3-2-6-16-12/h2-7,15H,8-9H2,1H3. The molecule has 84 valence electrons. The molecule has 0 radical (unpaired) electrons. The molecule has 0 aliphatic heterocycles. The fourth-order valence-electron chi connectivity index (χ4n) is 1.57. The molecule has 1 heterocycles. The number of halogens is 1. The molecular weight excluding hydrogens is 282 g/mol. The van der Waals surface area contributed by atoms with Crippen LogP contribution in [0.2, 0.25) is 0 Å². The second-order valence-electron chi connectivity index (χ2n) is 3.78. The second-order valence-corrected chi connectivity index (χ2v) is 5.66. The normalized spacial score (nSPS) is 10.6. The van der Waals surface area contributed by atoms with Gasteiger partial charge in [0.05, 0.1) is 0 Å². The lowest BCUT2D eigenvalue weighted by Gasteiger charge is -2.07. The van der Waals surface area contributed by atoms with E-state index in [1.165, 1.54) is 20.5 Å². The Hall–Kier alpha value is -0.640. The average Bonchev–Trinajstić information content (AvgIpc) is 2.76. The highest BCUT2D eigenvalue weighted by atomic mass is 79.9. The molecule has 0 atom stereocenters. The first-order valence-electron chi connectivity index (χ1n) is 5.24. The van der Waals surface area contributed by atoms with E-state index in [4.69, 9.17) is 0 Å².